The van der Waals surface area contributed by atoms with Crippen LogP contribution in [-0.2, 0) is 4.74 Å². The second kappa shape index (κ2) is 5.14. The van der Waals surface area contributed by atoms with Crippen LogP contribution in [0.4, 0.5) is 19.1 Å². The topological polar surface area (TPSA) is 160 Å². The highest BCUT2D eigenvalue weighted by molar-refractivity contribution is 5.70. The normalized spacial score (nSPS) is 31.0. The summed E-state index contributed by atoms with van der Waals surface area (Å²) in [6.45, 7) is -1.20. The standard InChI is InChI=1S/C11H12F3N5O5/c12-11(13,14)10(23)3(1-20)24-8(5(10)21)19-2-16-4-6(19)17-9(15)18-7(4)22/h2-3,5,8,20-21,23H,1H2,(H3,15,17,18,22)/t3-,5+,8-,10-/m1/s1. The van der Waals surface area contributed by atoms with Gasteiger partial charge in [0.2, 0.25) is 11.5 Å². The highest BCUT2D eigenvalue weighted by Gasteiger charge is 2.70. The molecule has 3 heterocycles. The van der Waals surface area contributed by atoms with Crippen molar-refractivity contribution >= 4 is 17.1 Å². The number of imidazole rings is 1. The number of aliphatic hydroxyl groups is 3. The Balaban J connectivity index is 2.13. The quantitative estimate of drug-likeness (QED) is 0.426. The van der Waals surface area contributed by atoms with Crippen molar-refractivity contribution in [3.63, 3.8) is 0 Å². The van der Waals surface area contributed by atoms with Gasteiger partial charge >= 0.3 is 6.18 Å². The van der Waals surface area contributed by atoms with Crippen LogP contribution in [0, 0.1) is 0 Å². The van der Waals surface area contributed by atoms with E-state index < -0.39 is 42.4 Å². The Morgan fingerprint density at radius 1 is 1.50 bits per heavy atom. The number of aliphatic hydroxyl groups excluding tert-OH is 2. The lowest BCUT2D eigenvalue weighted by molar-refractivity contribution is -0.296. The minimum atomic E-state index is -5.28. The molecule has 0 spiro atoms. The third-order valence-corrected chi connectivity index (χ3v) is 3.86. The SMILES string of the molecule is Nc1nc2c(ncn2[C@@H]2O[C@H](CO)[C@](O)(C(F)(F)F)[C@H]2O)c(=O)[nH]1. The van der Waals surface area contributed by atoms with Gasteiger partial charge in [0, 0.05) is 0 Å². The number of nitrogens with one attached hydrogen (secondary N) is 1. The molecule has 0 aliphatic carbocycles. The number of halogens is 3. The molecular formula is C11H12F3N5O5. The van der Waals surface area contributed by atoms with Crippen molar-refractivity contribution < 1.29 is 33.2 Å². The summed E-state index contributed by atoms with van der Waals surface area (Å²) in [5.41, 5.74) is 0.433. The Morgan fingerprint density at radius 2 is 2.17 bits per heavy atom. The summed E-state index contributed by atoms with van der Waals surface area (Å²) in [7, 11) is 0. The zero-order chi connectivity index (χ0) is 17.9. The molecule has 0 bridgehead atoms. The number of hydrogen-bond acceptors (Lipinski definition) is 8. The molecule has 0 saturated carbocycles. The first-order valence-corrected chi connectivity index (χ1v) is 6.57. The summed E-state index contributed by atoms with van der Waals surface area (Å²) in [5, 5.41) is 29.0. The molecule has 6 N–H and O–H groups in total. The fourth-order valence-corrected chi connectivity index (χ4v) is 2.63. The van der Waals surface area contributed by atoms with E-state index in [1.54, 1.807) is 0 Å². The maximum atomic E-state index is 13.2. The molecule has 0 aromatic carbocycles. The van der Waals surface area contributed by atoms with Crippen LogP contribution in [0.2, 0.25) is 0 Å². The van der Waals surface area contributed by atoms with Crippen LogP contribution in [0.5, 0.6) is 0 Å². The third-order valence-electron chi connectivity index (χ3n) is 3.86. The monoisotopic (exact) mass is 351 g/mol. The van der Waals surface area contributed by atoms with Crippen LogP contribution in [0.15, 0.2) is 11.1 Å². The molecule has 1 saturated heterocycles. The van der Waals surface area contributed by atoms with Crippen LogP contribution >= 0.6 is 0 Å². The summed E-state index contributed by atoms with van der Waals surface area (Å²) in [6, 6.07) is 0. The van der Waals surface area contributed by atoms with Gasteiger partial charge in [0.05, 0.1) is 12.9 Å². The van der Waals surface area contributed by atoms with Gasteiger partial charge in [-0.25, -0.2) is 4.98 Å². The summed E-state index contributed by atoms with van der Waals surface area (Å²) in [6.07, 6.45) is -10.8. The van der Waals surface area contributed by atoms with E-state index in [0.29, 0.717) is 0 Å². The lowest BCUT2D eigenvalue weighted by Crippen LogP contribution is -2.59. The van der Waals surface area contributed by atoms with E-state index in [9.17, 15) is 28.2 Å². The number of aromatic nitrogens is 4. The molecule has 1 aliphatic rings. The van der Waals surface area contributed by atoms with E-state index in [1.807, 2.05) is 0 Å². The van der Waals surface area contributed by atoms with Crippen LogP contribution < -0.4 is 11.3 Å². The average molecular weight is 351 g/mol. The summed E-state index contributed by atoms with van der Waals surface area (Å²) in [5.74, 6) is -0.327. The number of H-pyrrole nitrogens is 1. The van der Waals surface area contributed by atoms with Gasteiger partial charge in [0.25, 0.3) is 5.56 Å². The molecule has 24 heavy (non-hydrogen) atoms. The van der Waals surface area contributed by atoms with E-state index in [2.05, 4.69) is 15.0 Å². The van der Waals surface area contributed by atoms with Crippen molar-refractivity contribution in [3.05, 3.63) is 16.7 Å². The van der Waals surface area contributed by atoms with E-state index in [-0.39, 0.29) is 17.1 Å². The Morgan fingerprint density at radius 3 is 2.71 bits per heavy atom. The van der Waals surface area contributed by atoms with E-state index in [4.69, 9.17) is 15.6 Å². The molecule has 0 amide bonds. The van der Waals surface area contributed by atoms with Gasteiger partial charge in [-0.3, -0.25) is 14.3 Å². The lowest BCUT2D eigenvalue weighted by atomic mass is 9.91. The Hall–Kier alpha value is -2.22. The van der Waals surface area contributed by atoms with Crippen molar-refractivity contribution in [3.8, 4) is 0 Å². The number of aromatic amines is 1. The Kier molecular flexibility index (Phi) is 3.56. The minimum Gasteiger partial charge on any atom is -0.394 e. The number of anilines is 1. The molecule has 0 unspecified atom stereocenters. The smallest absolute Gasteiger partial charge is 0.394 e. The predicted molar refractivity (Wildman–Crippen MR) is 70.6 cm³/mol. The van der Waals surface area contributed by atoms with E-state index >= 15 is 0 Å². The molecule has 132 valence electrons. The maximum Gasteiger partial charge on any atom is 0.422 e. The van der Waals surface area contributed by atoms with E-state index in [0.717, 1.165) is 10.9 Å². The number of nitrogens with zero attached hydrogens (tertiary/aromatic N) is 3. The predicted octanol–water partition coefficient (Wildman–Crippen LogP) is -1.75. The molecule has 13 heteroatoms. The molecular weight excluding hydrogens is 339 g/mol. The van der Waals surface area contributed by atoms with Crippen molar-refractivity contribution in [2.24, 2.45) is 0 Å². The summed E-state index contributed by atoms with van der Waals surface area (Å²) in [4.78, 5) is 21.3. The Bertz CT molecular complexity index is 836. The molecule has 4 atom stereocenters. The summed E-state index contributed by atoms with van der Waals surface area (Å²) >= 11 is 0. The van der Waals surface area contributed by atoms with Gasteiger partial charge < -0.3 is 25.8 Å². The molecule has 1 fully saturated rings. The van der Waals surface area contributed by atoms with Gasteiger partial charge in [-0.15, -0.1) is 0 Å². The number of nitrogens with two attached hydrogens (primary N) is 1. The summed E-state index contributed by atoms with van der Waals surface area (Å²) < 4.78 is 45.3. The number of alkyl halides is 3. The maximum absolute atomic E-state index is 13.2. The van der Waals surface area contributed by atoms with Crippen molar-refractivity contribution in [2.45, 2.75) is 30.2 Å². The van der Waals surface area contributed by atoms with Crippen molar-refractivity contribution in [1.82, 2.24) is 19.5 Å². The van der Waals surface area contributed by atoms with Crippen LogP contribution in [0.1, 0.15) is 6.23 Å². The van der Waals surface area contributed by atoms with Gasteiger partial charge in [-0.05, 0) is 0 Å². The molecule has 1 aliphatic heterocycles. The molecule has 0 radical (unpaired) electrons. The van der Waals surface area contributed by atoms with Crippen LogP contribution in [-0.4, -0.2) is 65.4 Å². The fraction of sp³-hybridized carbons (Fsp3) is 0.545. The van der Waals surface area contributed by atoms with Gasteiger partial charge in [0.15, 0.2) is 17.4 Å². The largest absolute Gasteiger partial charge is 0.422 e. The van der Waals surface area contributed by atoms with Crippen molar-refractivity contribution in [2.75, 3.05) is 12.3 Å². The highest BCUT2D eigenvalue weighted by Crippen LogP contribution is 2.47. The average Bonchev–Trinajstić information content (AvgIpc) is 3.00. The molecule has 2 aromatic rings. The van der Waals surface area contributed by atoms with Crippen LogP contribution in [0.25, 0.3) is 11.2 Å². The Labute approximate surface area is 130 Å². The van der Waals surface area contributed by atoms with Crippen molar-refractivity contribution in [1.29, 1.82) is 0 Å². The van der Waals surface area contributed by atoms with Gasteiger partial charge in [-0.2, -0.15) is 18.2 Å². The fourth-order valence-electron chi connectivity index (χ4n) is 2.63. The zero-order valence-electron chi connectivity index (χ0n) is 11.7. The number of fused-ring (bicyclic) bond motifs is 1. The number of ether oxygens (including phenoxy) is 1. The van der Waals surface area contributed by atoms with E-state index in [1.165, 1.54) is 0 Å². The lowest BCUT2D eigenvalue weighted by Gasteiger charge is -2.31. The first kappa shape index (κ1) is 16.6. The van der Waals surface area contributed by atoms with Gasteiger partial charge in [0.1, 0.15) is 12.2 Å². The number of nitrogen functional groups attached to an aromatic ring is 1. The second-order valence-corrected chi connectivity index (χ2v) is 5.24. The second-order valence-electron chi connectivity index (χ2n) is 5.24. The molecule has 10 nitrogen and oxygen atoms in total. The highest BCUT2D eigenvalue weighted by atomic mass is 19.4. The number of rotatable bonds is 2. The van der Waals surface area contributed by atoms with Crippen LogP contribution in [0.3, 0.4) is 0 Å². The zero-order valence-corrected chi connectivity index (χ0v) is 11.7. The van der Waals surface area contributed by atoms with Gasteiger partial charge in [-0.1, -0.05) is 0 Å². The third kappa shape index (κ3) is 2.09. The number of hydrogen-bond donors (Lipinski definition) is 5. The first-order chi connectivity index (χ1) is 11.1. The first-order valence-electron chi connectivity index (χ1n) is 6.57. The molecule has 3 rings (SSSR count). The molecule has 2 aromatic heterocycles. The minimum absolute atomic E-state index is 0.247.